The van der Waals surface area contributed by atoms with Gasteiger partial charge in [0.25, 0.3) is 0 Å². The van der Waals surface area contributed by atoms with Gasteiger partial charge in [-0.1, -0.05) is 13.3 Å². The quantitative estimate of drug-likeness (QED) is 0.699. The molecule has 0 bridgehead atoms. The summed E-state index contributed by atoms with van der Waals surface area (Å²) < 4.78 is 27.0. The van der Waals surface area contributed by atoms with Crippen LogP contribution in [-0.4, -0.2) is 31.8 Å². The summed E-state index contributed by atoms with van der Waals surface area (Å²) in [5.74, 6) is 0. The van der Waals surface area contributed by atoms with Crippen molar-refractivity contribution in [3.05, 3.63) is 0 Å². The molecule has 2 N–H and O–H groups in total. The maximum Gasteiger partial charge on any atom is 0.215 e. The number of hydrogen-bond donors (Lipinski definition) is 2. The summed E-state index contributed by atoms with van der Waals surface area (Å²) >= 11 is 0. The van der Waals surface area contributed by atoms with Crippen LogP contribution < -0.4 is 10.0 Å². The molecule has 0 spiro atoms. The molecule has 0 radical (unpaired) electrons. The van der Waals surface area contributed by atoms with Gasteiger partial charge < -0.3 is 5.32 Å². The van der Waals surface area contributed by atoms with Gasteiger partial charge in [0.2, 0.25) is 10.0 Å². The summed E-state index contributed by atoms with van der Waals surface area (Å²) in [6.07, 6.45) is 4.20. The molecule has 1 aliphatic rings. The Morgan fingerprint density at radius 2 is 1.94 bits per heavy atom. The fraction of sp³-hybridized carbons (Fsp3) is 1.00. The molecule has 0 amide bonds. The molecule has 0 aromatic rings. The van der Waals surface area contributed by atoms with E-state index in [4.69, 9.17) is 0 Å². The molecule has 1 saturated carbocycles. The predicted molar refractivity (Wildman–Crippen MR) is 71.5 cm³/mol. The molecule has 0 aliphatic heterocycles. The van der Waals surface area contributed by atoms with Gasteiger partial charge >= 0.3 is 0 Å². The van der Waals surface area contributed by atoms with Crippen LogP contribution in [-0.2, 0) is 10.0 Å². The zero-order chi connectivity index (χ0) is 13.1. The summed E-state index contributed by atoms with van der Waals surface area (Å²) in [4.78, 5) is 0. The standard InChI is InChI=1S/C12H26N2O2S/c1-5-8-12(3,4)14-17(15,16)10(2)9-13-11-6-7-11/h10-11,13-14H,5-9H2,1-4H3. The van der Waals surface area contributed by atoms with Crippen LogP contribution in [0, 0.1) is 0 Å². The van der Waals surface area contributed by atoms with E-state index >= 15 is 0 Å². The Balaban J connectivity index is 2.47. The first-order valence-corrected chi connectivity index (χ1v) is 8.07. The molecule has 17 heavy (non-hydrogen) atoms. The lowest BCUT2D eigenvalue weighted by Gasteiger charge is -2.27. The largest absolute Gasteiger partial charge is 0.313 e. The second-order valence-corrected chi connectivity index (χ2v) is 7.87. The van der Waals surface area contributed by atoms with Crippen molar-refractivity contribution >= 4 is 10.0 Å². The van der Waals surface area contributed by atoms with Gasteiger partial charge in [0.05, 0.1) is 5.25 Å². The van der Waals surface area contributed by atoms with Crippen molar-refractivity contribution < 1.29 is 8.42 Å². The van der Waals surface area contributed by atoms with Crippen molar-refractivity contribution in [3.8, 4) is 0 Å². The van der Waals surface area contributed by atoms with E-state index in [2.05, 4.69) is 17.0 Å². The van der Waals surface area contributed by atoms with E-state index in [-0.39, 0.29) is 10.8 Å². The number of hydrogen-bond acceptors (Lipinski definition) is 3. The maximum atomic E-state index is 12.1. The van der Waals surface area contributed by atoms with Crippen molar-refractivity contribution in [2.75, 3.05) is 6.54 Å². The molecule has 1 unspecified atom stereocenters. The lowest BCUT2D eigenvalue weighted by atomic mass is 10.0. The van der Waals surface area contributed by atoms with Crippen molar-refractivity contribution in [2.45, 2.75) is 70.2 Å². The molecule has 1 atom stereocenters. The third kappa shape index (κ3) is 5.36. The molecule has 102 valence electrons. The third-order valence-corrected chi connectivity index (χ3v) is 5.16. The third-order valence-electron chi connectivity index (χ3n) is 3.09. The van der Waals surface area contributed by atoms with E-state index < -0.39 is 10.0 Å². The highest BCUT2D eigenvalue weighted by Crippen LogP contribution is 2.19. The summed E-state index contributed by atoms with van der Waals surface area (Å²) in [6.45, 7) is 8.25. The highest BCUT2D eigenvalue weighted by Gasteiger charge is 2.30. The lowest BCUT2D eigenvalue weighted by Crippen LogP contribution is -2.49. The maximum absolute atomic E-state index is 12.1. The molecular formula is C12H26N2O2S. The number of sulfonamides is 1. The molecule has 1 aliphatic carbocycles. The van der Waals surface area contributed by atoms with Gasteiger partial charge in [-0.15, -0.1) is 0 Å². The van der Waals surface area contributed by atoms with Crippen LogP contribution in [0.1, 0.15) is 53.4 Å². The number of nitrogens with one attached hydrogen (secondary N) is 2. The highest BCUT2D eigenvalue weighted by molar-refractivity contribution is 7.90. The Bertz CT molecular complexity index is 334. The SMILES string of the molecule is CCCC(C)(C)NS(=O)(=O)C(C)CNC1CC1. The van der Waals surface area contributed by atoms with Gasteiger partial charge in [0.15, 0.2) is 0 Å². The van der Waals surface area contributed by atoms with E-state index in [0.29, 0.717) is 12.6 Å². The molecule has 0 heterocycles. The molecule has 1 rings (SSSR count). The van der Waals surface area contributed by atoms with Gasteiger partial charge in [-0.3, -0.25) is 0 Å². The number of rotatable bonds is 8. The summed E-state index contributed by atoms with van der Waals surface area (Å²) in [7, 11) is -3.22. The van der Waals surface area contributed by atoms with Gasteiger partial charge in [-0.05, 0) is 40.0 Å². The Labute approximate surface area is 106 Å². The first kappa shape index (κ1) is 14.9. The normalized spacial score (nSPS) is 19.3. The van der Waals surface area contributed by atoms with Gasteiger partial charge in [-0.2, -0.15) is 0 Å². The van der Waals surface area contributed by atoms with Crippen LogP contribution in [0.4, 0.5) is 0 Å². The minimum absolute atomic E-state index is 0.346. The Hall–Kier alpha value is -0.130. The average molecular weight is 262 g/mol. The highest BCUT2D eigenvalue weighted by atomic mass is 32.2. The molecule has 1 fully saturated rings. The van der Waals surface area contributed by atoms with Gasteiger partial charge in [0.1, 0.15) is 0 Å². The topological polar surface area (TPSA) is 58.2 Å². The fourth-order valence-corrected chi connectivity index (χ4v) is 3.28. The zero-order valence-electron chi connectivity index (χ0n) is 11.4. The summed E-state index contributed by atoms with van der Waals surface area (Å²) in [5, 5.41) is 2.89. The predicted octanol–water partition coefficient (Wildman–Crippen LogP) is 1.62. The summed E-state index contributed by atoms with van der Waals surface area (Å²) in [6, 6.07) is 0.552. The molecule has 0 aromatic heterocycles. The van der Waals surface area contributed by atoms with Gasteiger partial charge in [0, 0.05) is 18.1 Å². The lowest BCUT2D eigenvalue weighted by molar-refractivity contribution is 0.414. The first-order valence-electron chi connectivity index (χ1n) is 6.53. The Morgan fingerprint density at radius 1 is 1.35 bits per heavy atom. The van der Waals surface area contributed by atoms with E-state index in [1.165, 1.54) is 12.8 Å². The van der Waals surface area contributed by atoms with Crippen LogP contribution in [0.25, 0.3) is 0 Å². The minimum atomic E-state index is -3.22. The van der Waals surface area contributed by atoms with Crippen LogP contribution in [0.2, 0.25) is 0 Å². The molecule has 4 nitrogen and oxygen atoms in total. The molecule has 0 aromatic carbocycles. The van der Waals surface area contributed by atoms with E-state index in [9.17, 15) is 8.42 Å². The van der Waals surface area contributed by atoms with Crippen molar-refractivity contribution in [1.29, 1.82) is 0 Å². The van der Waals surface area contributed by atoms with Crippen LogP contribution in [0.15, 0.2) is 0 Å². The monoisotopic (exact) mass is 262 g/mol. The molecule has 5 heteroatoms. The average Bonchev–Trinajstić information content (AvgIpc) is 2.95. The second kappa shape index (κ2) is 5.67. The van der Waals surface area contributed by atoms with Crippen LogP contribution >= 0.6 is 0 Å². The van der Waals surface area contributed by atoms with Crippen LogP contribution in [0.3, 0.4) is 0 Å². The fourth-order valence-electron chi connectivity index (χ4n) is 1.89. The van der Waals surface area contributed by atoms with Crippen molar-refractivity contribution in [1.82, 2.24) is 10.0 Å². The van der Waals surface area contributed by atoms with E-state index in [1.807, 2.05) is 13.8 Å². The smallest absolute Gasteiger partial charge is 0.215 e. The second-order valence-electron chi connectivity index (χ2n) is 5.77. The minimum Gasteiger partial charge on any atom is -0.313 e. The molecular weight excluding hydrogens is 236 g/mol. The zero-order valence-corrected chi connectivity index (χ0v) is 12.2. The Kier molecular flexibility index (Phi) is 4.98. The van der Waals surface area contributed by atoms with Gasteiger partial charge in [-0.25, -0.2) is 13.1 Å². The summed E-state index contributed by atoms with van der Waals surface area (Å²) in [5.41, 5.74) is -0.346. The van der Waals surface area contributed by atoms with Crippen molar-refractivity contribution in [3.63, 3.8) is 0 Å². The molecule has 0 saturated heterocycles. The van der Waals surface area contributed by atoms with Crippen LogP contribution in [0.5, 0.6) is 0 Å². The first-order chi connectivity index (χ1) is 7.77. The van der Waals surface area contributed by atoms with E-state index in [1.54, 1.807) is 6.92 Å². The van der Waals surface area contributed by atoms with Crippen molar-refractivity contribution in [2.24, 2.45) is 0 Å². The Morgan fingerprint density at radius 3 is 2.41 bits per heavy atom. The van der Waals surface area contributed by atoms with E-state index in [0.717, 1.165) is 12.8 Å².